The lowest BCUT2D eigenvalue weighted by atomic mass is 10.5. The predicted octanol–water partition coefficient (Wildman–Crippen LogP) is 2.22. The second-order valence-corrected chi connectivity index (χ2v) is 9.46. The Morgan fingerprint density at radius 1 is 0.966 bits per heavy atom. The van der Waals surface area contributed by atoms with Gasteiger partial charge in [-0.25, -0.2) is 4.79 Å². The third-order valence-electron chi connectivity index (χ3n) is 3.08. The van der Waals surface area contributed by atoms with Crippen LogP contribution in [0.5, 0.6) is 0 Å². The van der Waals surface area contributed by atoms with Gasteiger partial charge in [-0.1, -0.05) is 16.8 Å². The first kappa shape index (κ1) is 33.0. The van der Waals surface area contributed by atoms with Crippen molar-refractivity contribution in [2.75, 3.05) is 53.2 Å². The number of urea groups is 1. The van der Waals surface area contributed by atoms with Gasteiger partial charge in [-0.3, -0.25) is 4.67 Å². The normalized spacial score (nSPS) is 10.6. The molecule has 2 amide bonds. The van der Waals surface area contributed by atoms with Crippen LogP contribution in [0, 0.1) is 0 Å². The van der Waals surface area contributed by atoms with Crippen molar-refractivity contribution in [2.45, 2.75) is 54.5 Å². The molecule has 0 aromatic rings. The van der Waals surface area contributed by atoms with Crippen LogP contribution in [0.1, 0.15) is 48.5 Å². The zero-order valence-corrected chi connectivity index (χ0v) is 20.6. The van der Waals surface area contributed by atoms with Gasteiger partial charge in [-0.2, -0.15) is 0 Å². The van der Waals surface area contributed by atoms with Gasteiger partial charge in [0.15, 0.2) is 0 Å². The zero-order valence-electron chi connectivity index (χ0n) is 18.4. The van der Waals surface area contributed by atoms with Crippen molar-refractivity contribution in [3.63, 3.8) is 0 Å². The topological polar surface area (TPSA) is 101 Å². The molecule has 0 aliphatic rings. The molecule has 0 heterocycles. The van der Waals surface area contributed by atoms with E-state index in [0.29, 0.717) is 39.0 Å². The van der Waals surface area contributed by atoms with Crippen LogP contribution in [0.25, 0.3) is 0 Å². The zero-order chi connectivity index (χ0) is 21.8. The Labute approximate surface area is 181 Å². The summed E-state index contributed by atoms with van der Waals surface area (Å²) in [6.07, 6.45) is 0.759. The molecule has 9 nitrogen and oxygen atoms in total. The molecule has 0 aliphatic heterocycles. The van der Waals surface area contributed by atoms with E-state index in [2.05, 4.69) is 25.3 Å². The molecule has 1 atom stereocenters. The van der Waals surface area contributed by atoms with Crippen molar-refractivity contribution in [1.29, 1.82) is 0 Å². The average molecular weight is 457 g/mol. The number of hydrogen-bond acceptors (Lipinski definition) is 7. The van der Waals surface area contributed by atoms with Crippen LogP contribution < -0.4 is 16.0 Å². The number of amides is 2. The lowest BCUT2D eigenvalue weighted by molar-refractivity contribution is -0.115. The Morgan fingerprint density at radius 3 is 1.83 bits per heavy atom. The van der Waals surface area contributed by atoms with Crippen molar-refractivity contribution in [1.82, 2.24) is 20.6 Å². The first-order chi connectivity index (χ1) is 13.3. The van der Waals surface area contributed by atoms with Crippen LogP contribution in [0.15, 0.2) is 0 Å². The first-order valence-corrected chi connectivity index (χ1v) is 12.3. The van der Waals surface area contributed by atoms with Crippen LogP contribution in [-0.4, -0.2) is 78.5 Å². The summed E-state index contributed by atoms with van der Waals surface area (Å²) < 4.78 is 19.4. The summed E-state index contributed by atoms with van der Waals surface area (Å²) in [5, 5.41) is 8.72. The summed E-state index contributed by atoms with van der Waals surface area (Å²) in [6, 6.07) is 0.541. The molecule has 176 valence electrons. The number of carbonyl (C=O) groups excluding carboxylic acids is 2. The summed E-state index contributed by atoms with van der Waals surface area (Å²) in [5.74, 6) is 0.167. The van der Waals surface area contributed by atoms with Gasteiger partial charge in [0.25, 0.3) is 0 Å². The lowest BCUT2D eigenvalue weighted by Crippen LogP contribution is -2.46. The summed E-state index contributed by atoms with van der Waals surface area (Å²) in [7, 11) is 1.89. The van der Waals surface area contributed by atoms with E-state index in [1.165, 1.54) is 13.8 Å². The largest absolute Gasteiger partial charge is 0.500 e. The van der Waals surface area contributed by atoms with E-state index in [-0.39, 0.29) is 19.2 Å². The highest BCUT2D eigenvalue weighted by Crippen LogP contribution is 2.17. The van der Waals surface area contributed by atoms with Gasteiger partial charge in [0, 0.05) is 45.5 Å². The summed E-state index contributed by atoms with van der Waals surface area (Å²) in [5.41, 5.74) is 0. The maximum atomic E-state index is 11.7. The Hall–Kier alpha value is -0.613. The third-order valence-corrected chi connectivity index (χ3v) is 6.68. The Kier molecular flexibility index (Phi) is 25.2. The molecule has 1 unspecified atom stereocenters. The minimum atomic E-state index is -2.61. The highest BCUT2D eigenvalue weighted by Gasteiger charge is 2.39. The van der Waals surface area contributed by atoms with Gasteiger partial charge in [0.05, 0.1) is 6.67 Å². The fourth-order valence-corrected chi connectivity index (χ4v) is 5.09. The molecule has 0 radical (unpaired) electrons. The number of rotatable bonds is 15. The number of carbonyl (C=O) groups is 2. The molecule has 0 aliphatic carbocycles. The van der Waals surface area contributed by atoms with Crippen molar-refractivity contribution in [3.8, 4) is 0 Å². The molecule has 0 aromatic carbocycles. The Bertz CT molecular complexity index is 387. The Balaban J connectivity index is -0.00000123. The predicted molar refractivity (Wildman–Crippen MR) is 125 cm³/mol. The molecule has 0 fully saturated rings. The van der Waals surface area contributed by atoms with Crippen LogP contribution in [0.3, 0.4) is 0 Å². The fraction of sp³-hybridized carbons (Fsp3) is 0.889. The molecular weight excluding hydrogens is 411 g/mol. The second kappa shape index (κ2) is 22.1. The van der Waals surface area contributed by atoms with Crippen molar-refractivity contribution in [2.24, 2.45) is 0 Å². The van der Waals surface area contributed by atoms with Crippen LogP contribution in [0.4, 0.5) is 4.79 Å². The van der Waals surface area contributed by atoms with Gasteiger partial charge in [0.2, 0.25) is 0 Å². The molecule has 0 aromatic heterocycles. The molecule has 11 heteroatoms. The van der Waals surface area contributed by atoms with Gasteiger partial charge in [-0.15, -0.1) is 0 Å². The minimum absolute atomic E-state index is 0. The van der Waals surface area contributed by atoms with Gasteiger partial charge in [-0.05, 0) is 48.1 Å². The molecule has 0 rings (SSSR count). The number of ketones is 1. The van der Waals surface area contributed by atoms with Crippen LogP contribution >= 0.6 is 9.39 Å². The van der Waals surface area contributed by atoms with Crippen molar-refractivity contribution < 1.29 is 22.9 Å². The SMILES string of the molecule is C.CC(C)=O.CCO[Si](CCCNC(=O)NCCN(P)CNC)(OCC)OCC. The smallest absolute Gasteiger partial charge is 0.374 e. The molecule has 0 saturated heterocycles. The van der Waals surface area contributed by atoms with E-state index in [1.54, 1.807) is 0 Å². The number of nitrogens with one attached hydrogen (secondary N) is 3. The van der Waals surface area contributed by atoms with Gasteiger partial charge < -0.3 is 34.0 Å². The number of Topliss-reactive ketones (excluding diaryl/α,β-unsaturated/α-hetero) is 1. The quantitative estimate of drug-likeness (QED) is 0.150. The van der Waals surface area contributed by atoms with Crippen LogP contribution in [0.2, 0.25) is 6.04 Å². The molecule has 0 spiro atoms. The monoisotopic (exact) mass is 456 g/mol. The van der Waals surface area contributed by atoms with E-state index < -0.39 is 8.80 Å². The summed E-state index contributed by atoms with van der Waals surface area (Å²) in [4.78, 5) is 21.2. The standard InChI is InChI=1S/C14H35N4O4PSi.C3H6O.CH4/c1-5-20-24(21-6-2,22-7-3)12-8-9-16-14(19)17-10-11-18(23)13-15-4;1-3(2)4;/h15H,5-13,23H2,1-4H3,(H2,16,17,19);1-2H3;1H4. The number of nitrogens with zero attached hydrogens (tertiary/aromatic N) is 1. The van der Waals surface area contributed by atoms with E-state index in [4.69, 9.17) is 13.3 Å². The maximum Gasteiger partial charge on any atom is 0.500 e. The average Bonchev–Trinajstić information content (AvgIpc) is 2.59. The molecule has 29 heavy (non-hydrogen) atoms. The Morgan fingerprint density at radius 2 is 1.41 bits per heavy atom. The third kappa shape index (κ3) is 21.9. The second-order valence-electron chi connectivity index (χ2n) is 6.00. The number of hydrogen-bond donors (Lipinski definition) is 3. The van der Waals surface area contributed by atoms with E-state index >= 15 is 0 Å². The minimum Gasteiger partial charge on any atom is -0.374 e. The van der Waals surface area contributed by atoms with Gasteiger partial charge in [0.1, 0.15) is 5.78 Å². The first-order valence-electron chi connectivity index (χ1n) is 9.81. The summed E-state index contributed by atoms with van der Waals surface area (Å²) >= 11 is 0. The molecule has 0 saturated carbocycles. The molecule has 0 bridgehead atoms. The lowest BCUT2D eigenvalue weighted by Gasteiger charge is -2.28. The van der Waals surface area contributed by atoms with Crippen LogP contribution in [-0.2, 0) is 18.1 Å². The molecular formula is C18H45N4O5PSi. The van der Waals surface area contributed by atoms with E-state index in [1.807, 2.05) is 32.5 Å². The highest BCUT2D eigenvalue weighted by atomic mass is 31.0. The van der Waals surface area contributed by atoms with Crippen molar-refractivity contribution >= 4 is 30.0 Å². The summed E-state index contributed by atoms with van der Waals surface area (Å²) in [6.45, 7) is 13.2. The van der Waals surface area contributed by atoms with E-state index in [9.17, 15) is 9.59 Å². The van der Waals surface area contributed by atoms with E-state index in [0.717, 1.165) is 19.6 Å². The van der Waals surface area contributed by atoms with Crippen molar-refractivity contribution in [3.05, 3.63) is 0 Å². The fourth-order valence-electron chi connectivity index (χ4n) is 2.17. The maximum absolute atomic E-state index is 11.7. The van der Waals surface area contributed by atoms with Gasteiger partial charge >= 0.3 is 14.8 Å². The highest BCUT2D eigenvalue weighted by molar-refractivity contribution is 7.13. The molecule has 3 N–H and O–H groups in total.